The van der Waals surface area contributed by atoms with Crippen LogP contribution in [0.15, 0.2) is 18.3 Å². The standard InChI is InChI=1S/C10H10Cl2N4S/c1-13-10-15-5-7(11)9(16-10)14-4-6-2-3-8(12)17-6/h2-3,5H,4H2,1H3,(H2,13,14,15,16). The number of aromatic nitrogens is 2. The van der Waals surface area contributed by atoms with Crippen LogP contribution in [-0.4, -0.2) is 17.0 Å². The van der Waals surface area contributed by atoms with Crippen molar-refractivity contribution >= 4 is 46.3 Å². The summed E-state index contributed by atoms with van der Waals surface area (Å²) in [6.45, 7) is 0.636. The molecule has 0 aromatic carbocycles. The summed E-state index contributed by atoms with van der Waals surface area (Å²) in [5.41, 5.74) is 0. The van der Waals surface area contributed by atoms with Gasteiger partial charge in [0.05, 0.1) is 17.1 Å². The molecule has 0 fully saturated rings. The molecule has 0 saturated heterocycles. The van der Waals surface area contributed by atoms with Crippen LogP contribution in [0, 0.1) is 0 Å². The fourth-order valence-electron chi connectivity index (χ4n) is 1.23. The van der Waals surface area contributed by atoms with Crippen LogP contribution in [0.5, 0.6) is 0 Å². The molecule has 0 bridgehead atoms. The molecule has 0 aliphatic heterocycles. The number of nitrogens with one attached hydrogen (secondary N) is 2. The molecule has 4 nitrogen and oxygen atoms in total. The minimum Gasteiger partial charge on any atom is -0.364 e. The van der Waals surface area contributed by atoms with E-state index < -0.39 is 0 Å². The minimum atomic E-state index is 0.492. The number of nitrogens with zero attached hydrogens (tertiary/aromatic N) is 2. The first-order valence-electron chi connectivity index (χ1n) is 4.87. The van der Waals surface area contributed by atoms with Gasteiger partial charge in [-0.05, 0) is 12.1 Å². The Labute approximate surface area is 113 Å². The van der Waals surface area contributed by atoms with Crippen molar-refractivity contribution in [3.8, 4) is 0 Å². The average molecular weight is 289 g/mol. The lowest BCUT2D eigenvalue weighted by molar-refractivity contribution is 1.09. The highest BCUT2D eigenvalue weighted by atomic mass is 35.5. The van der Waals surface area contributed by atoms with Crippen molar-refractivity contribution in [1.82, 2.24) is 9.97 Å². The number of thiophene rings is 1. The lowest BCUT2D eigenvalue weighted by Gasteiger charge is -2.07. The van der Waals surface area contributed by atoms with Gasteiger partial charge in [0.15, 0.2) is 5.82 Å². The van der Waals surface area contributed by atoms with E-state index in [0.717, 1.165) is 9.21 Å². The van der Waals surface area contributed by atoms with E-state index in [9.17, 15) is 0 Å². The zero-order valence-corrected chi connectivity index (χ0v) is 11.3. The van der Waals surface area contributed by atoms with Crippen LogP contribution in [-0.2, 0) is 6.54 Å². The first kappa shape index (κ1) is 12.4. The Hall–Kier alpha value is -1.04. The Morgan fingerprint density at radius 3 is 2.82 bits per heavy atom. The fraction of sp³-hybridized carbons (Fsp3) is 0.200. The zero-order valence-electron chi connectivity index (χ0n) is 9.00. The summed E-state index contributed by atoms with van der Waals surface area (Å²) in [5.74, 6) is 1.14. The van der Waals surface area contributed by atoms with Gasteiger partial charge in [0, 0.05) is 11.9 Å². The van der Waals surface area contributed by atoms with E-state index in [4.69, 9.17) is 23.2 Å². The van der Waals surface area contributed by atoms with Crippen LogP contribution >= 0.6 is 34.5 Å². The third-order valence-electron chi connectivity index (χ3n) is 2.03. The summed E-state index contributed by atoms with van der Waals surface area (Å²) < 4.78 is 0.770. The molecule has 0 aliphatic rings. The van der Waals surface area contributed by atoms with Crippen LogP contribution in [0.25, 0.3) is 0 Å². The summed E-state index contributed by atoms with van der Waals surface area (Å²) in [6, 6.07) is 3.83. The quantitative estimate of drug-likeness (QED) is 0.904. The largest absolute Gasteiger partial charge is 0.364 e. The van der Waals surface area contributed by atoms with Crippen LogP contribution in [0.3, 0.4) is 0 Å². The van der Waals surface area contributed by atoms with Crippen LogP contribution < -0.4 is 10.6 Å². The first-order valence-corrected chi connectivity index (χ1v) is 6.44. The fourth-order valence-corrected chi connectivity index (χ4v) is 2.41. The molecule has 0 aliphatic carbocycles. The lowest BCUT2D eigenvalue weighted by atomic mass is 10.4. The van der Waals surface area contributed by atoms with Crippen molar-refractivity contribution in [2.45, 2.75) is 6.54 Å². The highest BCUT2D eigenvalue weighted by Crippen LogP contribution is 2.24. The van der Waals surface area contributed by atoms with Crippen molar-refractivity contribution in [3.63, 3.8) is 0 Å². The topological polar surface area (TPSA) is 49.8 Å². The van der Waals surface area contributed by atoms with Crippen molar-refractivity contribution in [2.24, 2.45) is 0 Å². The third kappa shape index (κ3) is 3.21. The summed E-state index contributed by atoms with van der Waals surface area (Å²) >= 11 is 13.4. The molecule has 0 atom stereocenters. The zero-order chi connectivity index (χ0) is 12.3. The molecule has 0 radical (unpaired) electrons. The maximum atomic E-state index is 5.99. The van der Waals surface area contributed by atoms with Gasteiger partial charge in [0.1, 0.15) is 5.02 Å². The highest BCUT2D eigenvalue weighted by Gasteiger charge is 2.05. The van der Waals surface area contributed by atoms with Crippen LogP contribution in [0.4, 0.5) is 11.8 Å². The molecule has 7 heteroatoms. The predicted molar refractivity (Wildman–Crippen MR) is 73.2 cm³/mol. The van der Waals surface area contributed by atoms with E-state index in [1.807, 2.05) is 12.1 Å². The average Bonchev–Trinajstić information content (AvgIpc) is 2.74. The molecule has 2 heterocycles. The van der Waals surface area contributed by atoms with Gasteiger partial charge in [-0.25, -0.2) is 4.98 Å². The Balaban J connectivity index is 2.07. The van der Waals surface area contributed by atoms with E-state index in [1.165, 1.54) is 11.3 Å². The molecule has 2 N–H and O–H groups in total. The first-order chi connectivity index (χ1) is 8.19. The smallest absolute Gasteiger partial charge is 0.224 e. The van der Waals surface area contributed by atoms with E-state index in [0.29, 0.717) is 23.3 Å². The van der Waals surface area contributed by atoms with Gasteiger partial charge in [0.2, 0.25) is 5.95 Å². The Kier molecular flexibility index (Phi) is 4.04. The second-order valence-corrected chi connectivity index (χ2v) is 5.41. The SMILES string of the molecule is CNc1ncc(Cl)c(NCc2ccc(Cl)s2)n1. The molecule has 0 amide bonds. The van der Waals surface area contributed by atoms with Gasteiger partial charge in [-0.1, -0.05) is 23.2 Å². The van der Waals surface area contributed by atoms with Gasteiger partial charge in [-0.2, -0.15) is 4.98 Å². The molecule has 90 valence electrons. The third-order valence-corrected chi connectivity index (χ3v) is 3.53. The van der Waals surface area contributed by atoms with Gasteiger partial charge >= 0.3 is 0 Å². The predicted octanol–water partition coefficient (Wildman–Crippen LogP) is 3.50. The maximum absolute atomic E-state index is 5.99. The summed E-state index contributed by atoms with van der Waals surface area (Å²) in [4.78, 5) is 9.34. The van der Waals surface area contributed by atoms with Gasteiger partial charge in [-0.15, -0.1) is 11.3 Å². The second-order valence-electron chi connectivity index (χ2n) is 3.20. The van der Waals surface area contributed by atoms with E-state index in [2.05, 4.69) is 20.6 Å². The molecule has 0 spiro atoms. The number of anilines is 2. The lowest BCUT2D eigenvalue weighted by Crippen LogP contribution is -2.04. The Morgan fingerprint density at radius 1 is 1.35 bits per heavy atom. The molecule has 2 aromatic heterocycles. The van der Waals surface area contributed by atoms with Crippen molar-refractivity contribution in [2.75, 3.05) is 17.7 Å². The molecule has 2 rings (SSSR count). The number of hydrogen-bond donors (Lipinski definition) is 2. The maximum Gasteiger partial charge on any atom is 0.224 e. The van der Waals surface area contributed by atoms with E-state index in [1.54, 1.807) is 13.2 Å². The molecular formula is C10H10Cl2N4S. The molecular weight excluding hydrogens is 279 g/mol. The molecule has 2 aromatic rings. The summed E-state index contributed by atoms with van der Waals surface area (Å²) in [6.07, 6.45) is 1.56. The van der Waals surface area contributed by atoms with Gasteiger partial charge in [-0.3, -0.25) is 0 Å². The van der Waals surface area contributed by atoms with E-state index in [-0.39, 0.29) is 0 Å². The van der Waals surface area contributed by atoms with Gasteiger partial charge in [0.25, 0.3) is 0 Å². The minimum absolute atomic E-state index is 0.492. The monoisotopic (exact) mass is 288 g/mol. The Morgan fingerprint density at radius 2 is 2.18 bits per heavy atom. The van der Waals surface area contributed by atoms with Crippen molar-refractivity contribution < 1.29 is 0 Å². The van der Waals surface area contributed by atoms with Gasteiger partial charge < -0.3 is 10.6 Å². The normalized spacial score (nSPS) is 10.3. The summed E-state index contributed by atoms with van der Waals surface area (Å²) in [5, 5.41) is 6.50. The second kappa shape index (κ2) is 5.53. The molecule has 0 saturated carbocycles. The van der Waals surface area contributed by atoms with E-state index >= 15 is 0 Å². The molecule has 0 unspecified atom stereocenters. The number of rotatable bonds is 4. The molecule has 17 heavy (non-hydrogen) atoms. The van der Waals surface area contributed by atoms with Crippen LogP contribution in [0.2, 0.25) is 9.36 Å². The Bertz CT molecular complexity index is 515. The highest BCUT2D eigenvalue weighted by molar-refractivity contribution is 7.16. The number of halogens is 2. The summed E-state index contributed by atoms with van der Waals surface area (Å²) in [7, 11) is 1.76. The van der Waals surface area contributed by atoms with Crippen molar-refractivity contribution in [3.05, 3.63) is 32.6 Å². The number of hydrogen-bond acceptors (Lipinski definition) is 5. The van der Waals surface area contributed by atoms with Crippen LogP contribution in [0.1, 0.15) is 4.88 Å². The van der Waals surface area contributed by atoms with Crippen molar-refractivity contribution in [1.29, 1.82) is 0 Å².